The van der Waals surface area contributed by atoms with Gasteiger partial charge in [0.1, 0.15) is 11.6 Å². The molecule has 0 spiro atoms. The van der Waals surface area contributed by atoms with Crippen molar-refractivity contribution in [2.75, 3.05) is 7.11 Å². The van der Waals surface area contributed by atoms with Crippen molar-refractivity contribution < 1.29 is 24.5 Å². The number of imidazole rings is 1. The molecule has 3 rings (SSSR count). The number of fused-ring (bicyclic) bond motifs is 1. The van der Waals surface area contributed by atoms with Gasteiger partial charge in [0.2, 0.25) is 0 Å². The fourth-order valence-corrected chi connectivity index (χ4v) is 3.02. The third-order valence-corrected chi connectivity index (χ3v) is 4.04. The number of hydrogen-bond donors (Lipinski definition) is 2. The molecule has 1 aromatic carbocycles. The monoisotopic (exact) mass is 316 g/mol. The summed E-state index contributed by atoms with van der Waals surface area (Å²) in [6, 6.07) is 7.12. The number of carboxylic acid groups (broad SMARTS) is 2. The number of aliphatic carboxylic acids is 1. The summed E-state index contributed by atoms with van der Waals surface area (Å²) in [4.78, 5) is 27.2. The summed E-state index contributed by atoms with van der Waals surface area (Å²) in [6.07, 6.45) is 1.08. The molecule has 0 bridgehead atoms. The van der Waals surface area contributed by atoms with Crippen LogP contribution in [0, 0.1) is 0 Å². The Bertz CT molecular complexity index is 781. The number of rotatable bonds is 4. The lowest BCUT2D eigenvalue weighted by atomic mass is 9.94. The van der Waals surface area contributed by atoms with Crippen LogP contribution in [0.3, 0.4) is 0 Å². The molecule has 0 saturated carbocycles. The average Bonchev–Trinajstić information content (AvgIpc) is 2.94. The molecule has 0 amide bonds. The first-order valence-electron chi connectivity index (χ1n) is 7.24. The summed E-state index contributed by atoms with van der Waals surface area (Å²) in [5.41, 5.74) is 0.785. The van der Waals surface area contributed by atoms with Gasteiger partial charge in [-0.05, 0) is 25.0 Å². The quantitative estimate of drug-likeness (QED) is 0.896. The van der Waals surface area contributed by atoms with E-state index in [0.717, 1.165) is 0 Å². The number of hydrogen-bond acceptors (Lipinski definition) is 4. The molecule has 0 aliphatic carbocycles. The molecule has 23 heavy (non-hydrogen) atoms. The maximum atomic E-state index is 11.5. The Morgan fingerprint density at radius 1 is 1.35 bits per heavy atom. The van der Waals surface area contributed by atoms with Crippen molar-refractivity contribution in [3.05, 3.63) is 35.7 Å². The van der Waals surface area contributed by atoms with Gasteiger partial charge in [0, 0.05) is 12.1 Å². The highest BCUT2D eigenvalue weighted by atomic mass is 16.5. The predicted molar refractivity (Wildman–Crippen MR) is 80.8 cm³/mol. The summed E-state index contributed by atoms with van der Waals surface area (Å²) < 4.78 is 6.90. The third kappa shape index (κ3) is 2.54. The largest absolute Gasteiger partial charge is 0.497 e. The summed E-state index contributed by atoms with van der Waals surface area (Å²) in [5.74, 6) is -1.99. The number of aromatic nitrogens is 2. The van der Waals surface area contributed by atoms with E-state index in [9.17, 15) is 19.8 Å². The van der Waals surface area contributed by atoms with Gasteiger partial charge >= 0.3 is 11.9 Å². The number of methoxy groups -OCH3 is 1. The molecule has 120 valence electrons. The minimum Gasteiger partial charge on any atom is -0.497 e. The molecule has 0 saturated heterocycles. The van der Waals surface area contributed by atoms with Crippen LogP contribution in [0.5, 0.6) is 5.75 Å². The normalized spacial score (nSPS) is 16.7. The summed E-state index contributed by atoms with van der Waals surface area (Å²) in [6.45, 7) is 0.548. The van der Waals surface area contributed by atoms with Gasteiger partial charge in [0.25, 0.3) is 0 Å². The predicted octanol–water partition coefficient (Wildman–Crippen LogP) is 2.22. The van der Waals surface area contributed by atoms with Gasteiger partial charge < -0.3 is 19.5 Å². The molecular weight excluding hydrogens is 300 g/mol. The number of ether oxygens (including phenoxy) is 1. The van der Waals surface area contributed by atoms with Gasteiger partial charge in [-0.1, -0.05) is 12.1 Å². The number of benzene rings is 1. The first-order valence-corrected chi connectivity index (χ1v) is 7.24. The molecule has 7 heteroatoms. The lowest BCUT2D eigenvalue weighted by Gasteiger charge is -2.22. The third-order valence-electron chi connectivity index (χ3n) is 4.04. The standard InChI is InChI=1S/C16H16N2O5/c1-23-10-5-2-4-9(8-10)14-17-12(16(21)22)13-11(15(19)20)6-3-7-18(13)14/h2,4-5,8,11H,3,6-7H2,1H3,(H,19,20)(H,21,22). The second-order valence-electron chi connectivity index (χ2n) is 5.39. The zero-order valence-electron chi connectivity index (χ0n) is 12.5. The van der Waals surface area contributed by atoms with Crippen LogP contribution in [0.15, 0.2) is 24.3 Å². The number of carbonyl (C=O) groups is 2. The van der Waals surface area contributed by atoms with Crippen molar-refractivity contribution >= 4 is 11.9 Å². The van der Waals surface area contributed by atoms with Crippen LogP contribution in [0.2, 0.25) is 0 Å². The molecule has 2 aromatic rings. The van der Waals surface area contributed by atoms with Crippen LogP contribution in [-0.4, -0.2) is 38.8 Å². The van der Waals surface area contributed by atoms with Gasteiger partial charge in [-0.3, -0.25) is 4.79 Å². The van der Waals surface area contributed by atoms with Gasteiger partial charge in [-0.2, -0.15) is 0 Å². The molecule has 2 N–H and O–H groups in total. The maximum Gasteiger partial charge on any atom is 0.356 e. The number of nitrogens with zero attached hydrogens (tertiary/aromatic N) is 2. The van der Waals surface area contributed by atoms with Gasteiger partial charge in [-0.25, -0.2) is 9.78 Å². The molecule has 0 radical (unpaired) electrons. The Morgan fingerprint density at radius 3 is 2.78 bits per heavy atom. The van der Waals surface area contributed by atoms with Gasteiger partial charge in [0.05, 0.1) is 18.7 Å². The molecule has 1 aliphatic rings. The minimum absolute atomic E-state index is 0.185. The molecule has 1 atom stereocenters. The van der Waals surface area contributed by atoms with E-state index >= 15 is 0 Å². The Labute approximate surface area is 132 Å². The highest BCUT2D eigenvalue weighted by Gasteiger charge is 2.35. The fourth-order valence-electron chi connectivity index (χ4n) is 3.02. The molecule has 1 aromatic heterocycles. The first kappa shape index (κ1) is 15.1. The van der Waals surface area contributed by atoms with Crippen molar-refractivity contribution in [1.29, 1.82) is 0 Å². The lowest BCUT2D eigenvalue weighted by Crippen LogP contribution is -2.24. The van der Waals surface area contributed by atoms with E-state index in [1.807, 2.05) is 0 Å². The number of aromatic carboxylic acids is 1. The topological polar surface area (TPSA) is 102 Å². The van der Waals surface area contributed by atoms with Crippen molar-refractivity contribution in [3.63, 3.8) is 0 Å². The number of carboxylic acids is 2. The Morgan fingerprint density at radius 2 is 2.13 bits per heavy atom. The highest BCUT2D eigenvalue weighted by molar-refractivity contribution is 5.91. The van der Waals surface area contributed by atoms with E-state index < -0.39 is 17.9 Å². The first-order chi connectivity index (χ1) is 11.0. The van der Waals surface area contributed by atoms with E-state index in [4.69, 9.17) is 4.74 Å². The van der Waals surface area contributed by atoms with Crippen molar-refractivity contribution in [2.45, 2.75) is 25.3 Å². The SMILES string of the molecule is COc1cccc(-c2nc(C(=O)O)c3n2CCCC3C(=O)O)c1. The zero-order valence-corrected chi connectivity index (χ0v) is 12.5. The molecular formula is C16H16N2O5. The zero-order chi connectivity index (χ0) is 16.6. The van der Waals surface area contributed by atoms with E-state index in [1.54, 1.807) is 35.9 Å². The highest BCUT2D eigenvalue weighted by Crippen LogP contribution is 2.35. The summed E-state index contributed by atoms with van der Waals surface area (Å²) in [7, 11) is 1.54. The van der Waals surface area contributed by atoms with Crippen molar-refractivity contribution in [2.24, 2.45) is 0 Å². The van der Waals surface area contributed by atoms with E-state index in [-0.39, 0.29) is 11.4 Å². The maximum absolute atomic E-state index is 11.5. The molecule has 1 unspecified atom stereocenters. The smallest absolute Gasteiger partial charge is 0.356 e. The van der Waals surface area contributed by atoms with Crippen LogP contribution in [0.4, 0.5) is 0 Å². The van der Waals surface area contributed by atoms with E-state index in [2.05, 4.69) is 4.98 Å². The minimum atomic E-state index is -1.21. The molecule has 1 aliphatic heterocycles. The van der Waals surface area contributed by atoms with Crippen LogP contribution in [0.1, 0.15) is 34.9 Å². The fraction of sp³-hybridized carbons (Fsp3) is 0.312. The van der Waals surface area contributed by atoms with Crippen LogP contribution in [0.25, 0.3) is 11.4 Å². The van der Waals surface area contributed by atoms with Gasteiger partial charge in [-0.15, -0.1) is 0 Å². The van der Waals surface area contributed by atoms with E-state index in [1.165, 1.54) is 0 Å². The molecule has 7 nitrogen and oxygen atoms in total. The Kier molecular flexibility index (Phi) is 3.77. The van der Waals surface area contributed by atoms with Crippen LogP contribution < -0.4 is 4.74 Å². The Balaban J connectivity index is 2.21. The van der Waals surface area contributed by atoms with Crippen molar-refractivity contribution in [3.8, 4) is 17.1 Å². The van der Waals surface area contributed by atoms with Gasteiger partial charge in [0.15, 0.2) is 5.69 Å². The summed E-state index contributed by atoms with van der Waals surface area (Å²) in [5, 5.41) is 18.8. The second kappa shape index (κ2) is 5.75. The molecule has 2 heterocycles. The Hall–Kier alpha value is -2.83. The van der Waals surface area contributed by atoms with Crippen molar-refractivity contribution in [1.82, 2.24) is 9.55 Å². The van der Waals surface area contributed by atoms with Crippen LogP contribution in [-0.2, 0) is 11.3 Å². The average molecular weight is 316 g/mol. The van der Waals surface area contributed by atoms with Crippen LogP contribution >= 0.6 is 0 Å². The van der Waals surface area contributed by atoms with E-state index in [0.29, 0.717) is 36.5 Å². The lowest BCUT2D eigenvalue weighted by molar-refractivity contribution is -0.139. The molecule has 0 fully saturated rings. The second-order valence-corrected chi connectivity index (χ2v) is 5.39. The summed E-state index contributed by atoms with van der Waals surface area (Å²) >= 11 is 0.